The van der Waals surface area contributed by atoms with Gasteiger partial charge in [-0.3, -0.25) is 14.3 Å². The van der Waals surface area contributed by atoms with E-state index in [-0.39, 0.29) is 18.4 Å². The number of nitrogens with zero attached hydrogens (tertiary/aromatic N) is 2. The normalized spacial score (nSPS) is 10.2. The number of halogens is 1. The van der Waals surface area contributed by atoms with Crippen LogP contribution in [-0.4, -0.2) is 34.7 Å². The number of carbonyl (C=O) groups is 2. The van der Waals surface area contributed by atoms with E-state index in [1.807, 2.05) is 29.1 Å². The Bertz CT molecular complexity index is 628. The third-order valence-corrected chi connectivity index (χ3v) is 3.91. The largest absolute Gasteiger partial charge is 0.355 e. The second kappa shape index (κ2) is 8.52. The van der Waals surface area contributed by atoms with E-state index in [4.69, 9.17) is 0 Å². The number of hydrogen-bond donors (Lipinski definition) is 2. The van der Waals surface area contributed by atoms with Crippen molar-refractivity contribution in [3.05, 3.63) is 51.9 Å². The Hall–Kier alpha value is -1.90. The first kappa shape index (κ1) is 16.5. The van der Waals surface area contributed by atoms with Gasteiger partial charge in [0.2, 0.25) is 5.91 Å². The molecule has 7 heteroatoms. The van der Waals surface area contributed by atoms with Gasteiger partial charge in [0.15, 0.2) is 0 Å². The maximum absolute atomic E-state index is 11.9. The molecule has 0 spiro atoms. The van der Waals surface area contributed by atoms with Crippen molar-refractivity contribution < 1.29 is 9.59 Å². The van der Waals surface area contributed by atoms with Gasteiger partial charge in [-0.25, -0.2) is 0 Å². The van der Waals surface area contributed by atoms with Crippen molar-refractivity contribution in [2.45, 2.75) is 13.0 Å². The van der Waals surface area contributed by atoms with E-state index in [0.717, 1.165) is 16.5 Å². The molecule has 22 heavy (non-hydrogen) atoms. The van der Waals surface area contributed by atoms with Crippen LogP contribution >= 0.6 is 22.6 Å². The summed E-state index contributed by atoms with van der Waals surface area (Å²) in [5.74, 6) is -0.434. The van der Waals surface area contributed by atoms with Crippen LogP contribution in [0.25, 0.3) is 0 Å². The molecule has 0 atom stereocenters. The maximum Gasteiger partial charge on any atom is 0.252 e. The van der Waals surface area contributed by atoms with Crippen molar-refractivity contribution in [2.75, 3.05) is 13.1 Å². The molecule has 0 aliphatic carbocycles. The minimum Gasteiger partial charge on any atom is -0.355 e. The summed E-state index contributed by atoms with van der Waals surface area (Å²) >= 11 is 2.10. The number of benzene rings is 1. The van der Waals surface area contributed by atoms with Gasteiger partial charge in [-0.15, -0.1) is 0 Å². The fourth-order valence-electron chi connectivity index (χ4n) is 1.87. The molecular weight excluding hydrogens is 395 g/mol. The molecule has 0 unspecified atom stereocenters. The molecule has 0 saturated carbocycles. The van der Waals surface area contributed by atoms with Crippen LogP contribution in [0.3, 0.4) is 0 Å². The zero-order chi connectivity index (χ0) is 15.8. The lowest BCUT2D eigenvalue weighted by Crippen LogP contribution is -2.37. The Morgan fingerprint density at radius 3 is 2.73 bits per heavy atom. The fraction of sp³-hybridized carbons (Fsp3) is 0.267. The Morgan fingerprint density at radius 2 is 2.00 bits per heavy atom. The molecule has 0 bridgehead atoms. The lowest BCUT2D eigenvalue weighted by molar-refractivity contribution is -0.120. The molecule has 2 aromatic rings. The number of hydrogen-bond acceptors (Lipinski definition) is 3. The Kier molecular flexibility index (Phi) is 6.38. The SMILES string of the molecule is O=C(CNC(=O)c1ccccc1I)NCCCn1cccn1. The molecule has 2 amide bonds. The topological polar surface area (TPSA) is 76.0 Å². The first-order chi connectivity index (χ1) is 10.7. The summed E-state index contributed by atoms with van der Waals surface area (Å²) in [7, 11) is 0. The molecule has 0 fully saturated rings. The highest BCUT2D eigenvalue weighted by Crippen LogP contribution is 2.10. The zero-order valence-corrected chi connectivity index (χ0v) is 14.1. The van der Waals surface area contributed by atoms with Gasteiger partial charge in [0.25, 0.3) is 5.91 Å². The lowest BCUT2D eigenvalue weighted by atomic mass is 10.2. The second-order valence-electron chi connectivity index (χ2n) is 4.64. The van der Waals surface area contributed by atoms with E-state index in [0.29, 0.717) is 12.1 Å². The fourth-order valence-corrected chi connectivity index (χ4v) is 2.50. The van der Waals surface area contributed by atoms with E-state index in [1.54, 1.807) is 18.3 Å². The quantitative estimate of drug-likeness (QED) is 0.534. The molecular formula is C15H17IN4O2. The average Bonchev–Trinajstić information content (AvgIpc) is 3.03. The number of rotatable bonds is 7. The molecule has 2 N–H and O–H groups in total. The van der Waals surface area contributed by atoms with Gasteiger partial charge < -0.3 is 10.6 Å². The van der Waals surface area contributed by atoms with E-state index >= 15 is 0 Å². The Balaban J connectivity index is 1.65. The van der Waals surface area contributed by atoms with Gasteiger partial charge >= 0.3 is 0 Å². The number of aromatic nitrogens is 2. The molecule has 2 rings (SSSR count). The molecule has 0 aliphatic rings. The van der Waals surface area contributed by atoms with E-state index < -0.39 is 0 Å². The van der Waals surface area contributed by atoms with Crippen LogP contribution in [-0.2, 0) is 11.3 Å². The highest BCUT2D eigenvalue weighted by molar-refractivity contribution is 14.1. The number of nitrogens with one attached hydrogen (secondary N) is 2. The standard InChI is InChI=1S/C15H17IN4O2/c16-13-6-2-1-5-12(13)15(22)18-11-14(21)17-7-3-9-20-10-4-8-19-20/h1-2,4-6,8,10H,3,7,9,11H2,(H,17,21)(H,18,22). The molecule has 1 heterocycles. The monoisotopic (exact) mass is 412 g/mol. The highest BCUT2D eigenvalue weighted by Gasteiger charge is 2.10. The Labute approximate surface area is 142 Å². The molecule has 0 radical (unpaired) electrons. The predicted molar refractivity (Wildman–Crippen MR) is 91.3 cm³/mol. The molecule has 1 aromatic carbocycles. The van der Waals surface area contributed by atoms with Gasteiger partial charge in [0.1, 0.15) is 0 Å². The van der Waals surface area contributed by atoms with Crippen LogP contribution in [0, 0.1) is 3.57 Å². The van der Waals surface area contributed by atoms with E-state index in [9.17, 15) is 9.59 Å². The predicted octanol–water partition coefficient (Wildman–Crippen LogP) is 1.42. The molecule has 1 aromatic heterocycles. The maximum atomic E-state index is 11.9. The summed E-state index contributed by atoms with van der Waals surface area (Å²) < 4.78 is 2.67. The van der Waals surface area contributed by atoms with Crippen molar-refractivity contribution in [1.82, 2.24) is 20.4 Å². The summed E-state index contributed by atoms with van der Waals surface area (Å²) in [4.78, 5) is 23.6. The molecule has 0 saturated heterocycles. The number of carbonyl (C=O) groups excluding carboxylic acids is 2. The van der Waals surface area contributed by atoms with Crippen molar-refractivity contribution in [2.24, 2.45) is 0 Å². The van der Waals surface area contributed by atoms with Crippen LogP contribution < -0.4 is 10.6 Å². The van der Waals surface area contributed by atoms with Crippen LogP contribution in [0.15, 0.2) is 42.7 Å². The van der Waals surface area contributed by atoms with Crippen molar-refractivity contribution >= 4 is 34.4 Å². The van der Waals surface area contributed by atoms with Gasteiger partial charge in [0.05, 0.1) is 12.1 Å². The summed E-state index contributed by atoms with van der Waals surface area (Å²) in [6.07, 6.45) is 4.39. The summed E-state index contributed by atoms with van der Waals surface area (Å²) in [6.45, 7) is 1.28. The minimum atomic E-state index is -0.239. The first-order valence-electron chi connectivity index (χ1n) is 6.93. The minimum absolute atomic E-state index is 0.0222. The summed E-state index contributed by atoms with van der Waals surface area (Å²) in [5, 5.41) is 9.47. The van der Waals surface area contributed by atoms with Gasteiger partial charge in [0, 0.05) is 29.1 Å². The van der Waals surface area contributed by atoms with Gasteiger partial charge in [-0.2, -0.15) is 5.10 Å². The highest BCUT2D eigenvalue weighted by atomic mass is 127. The third-order valence-electron chi connectivity index (χ3n) is 2.97. The second-order valence-corrected chi connectivity index (χ2v) is 5.80. The van der Waals surface area contributed by atoms with Crippen molar-refractivity contribution in [3.8, 4) is 0 Å². The number of amides is 2. The summed E-state index contributed by atoms with van der Waals surface area (Å²) in [6, 6.07) is 9.11. The first-order valence-corrected chi connectivity index (χ1v) is 8.01. The third kappa shape index (κ3) is 5.14. The van der Waals surface area contributed by atoms with Crippen LogP contribution in [0.5, 0.6) is 0 Å². The molecule has 6 nitrogen and oxygen atoms in total. The van der Waals surface area contributed by atoms with Gasteiger partial charge in [-0.1, -0.05) is 12.1 Å². The van der Waals surface area contributed by atoms with Gasteiger partial charge in [-0.05, 0) is 47.2 Å². The lowest BCUT2D eigenvalue weighted by Gasteiger charge is -2.08. The molecule has 0 aliphatic heterocycles. The number of aryl methyl sites for hydroxylation is 1. The average molecular weight is 412 g/mol. The van der Waals surface area contributed by atoms with Crippen LogP contribution in [0.4, 0.5) is 0 Å². The summed E-state index contributed by atoms with van der Waals surface area (Å²) in [5.41, 5.74) is 0.578. The molecule has 116 valence electrons. The van der Waals surface area contributed by atoms with E-state index in [2.05, 4.69) is 38.3 Å². The van der Waals surface area contributed by atoms with Crippen LogP contribution in [0.2, 0.25) is 0 Å². The Morgan fingerprint density at radius 1 is 1.18 bits per heavy atom. The van der Waals surface area contributed by atoms with Crippen LogP contribution in [0.1, 0.15) is 16.8 Å². The zero-order valence-electron chi connectivity index (χ0n) is 12.0. The van der Waals surface area contributed by atoms with Crippen molar-refractivity contribution in [3.63, 3.8) is 0 Å². The van der Waals surface area contributed by atoms with Crippen molar-refractivity contribution in [1.29, 1.82) is 0 Å². The van der Waals surface area contributed by atoms with E-state index in [1.165, 1.54) is 0 Å². The smallest absolute Gasteiger partial charge is 0.252 e.